The molecule has 4 rings (SSSR count). The molecule has 6 atom stereocenters. The minimum Gasteiger partial charge on any atom is -0.481 e. The molecule has 0 bridgehead atoms. The van der Waals surface area contributed by atoms with E-state index in [2.05, 4.69) is 12.1 Å². The maximum absolute atomic E-state index is 15.3. The second-order valence-corrected chi connectivity index (χ2v) is 10.3. The summed E-state index contributed by atoms with van der Waals surface area (Å²) < 4.78 is 27.3. The van der Waals surface area contributed by atoms with Gasteiger partial charge in [-0.3, -0.25) is 4.79 Å². The molecular formula is C29H39FO5. The van der Waals surface area contributed by atoms with E-state index in [4.69, 9.17) is 14.6 Å². The van der Waals surface area contributed by atoms with Gasteiger partial charge in [-0.15, -0.1) is 0 Å². The summed E-state index contributed by atoms with van der Waals surface area (Å²) in [4.78, 5) is 10.7. The number of benzene rings is 1. The average Bonchev–Trinajstić information content (AvgIpc) is 3.41. The van der Waals surface area contributed by atoms with Crippen LogP contribution in [0, 0.1) is 17.8 Å². The van der Waals surface area contributed by atoms with Crippen molar-refractivity contribution in [2.75, 3.05) is 6.61 Å². The number of aliphatic hydroxyl groups excluding tert-OH is 1. The molecule has 1 aromatic rings. The Hall–Kier alpha value is -2.02. The molecule has 0 aromatic heterocycles. The Morgan fingerprint density at radius 3 is 2.66 bits per heavy atom. The monoisotopic (exact) mass is 486 g/mol. The van der Waals surface area contributed by atoms with Gasteiger partial charge < -0.3 is 19.7 Å². The molecule has 3 aliphatic rings. The number of hydrogen-bond donors (Lipinski definition) is 2. The number of halogens is 1. The zero-order valence-electron chi connectivity index (χ0n) is 20.4. The molecule has 0 radical (unpaired) electrons. The van der Waals surface area contributed by atoms with Gasteiger partial charge in [0.15, 0.2) is 6.29 Å². The lowest BCUT2D eigenvalue weighted by Gasteiger charge is -2.29. The Bertz CT molecular complexity index is 853. The zero-order chi connectivity index (χ0) is 24.6. The number of ether oxygens (including phenoxy) is 2. The first-order valence-electron chi connectivity index (χ1n) is 13.2. The Balaban J connectivity index is 1.38. The van der Waals surface area contributed by atoms with Gasteiger partial charge in [-0.1, -0.05) is 48.6 Å². The second-order valence-electron chi connectivity index (χ2n) is 10.3. The highest BCUT2D eigenvalue weighted by atomic mass is 19.1. The van der Waals surface area contributed by atoms with Crippen molar-refractivity contribution in [2.24, 2.45) is 17.8 Å². The third-order valence-corrected chi connectivity index (χ3v) is 7.74. The number of carboxylic acid groups (broad SMARTS) is 1. The smallest absolute Gasteiger partial charge is 0.303 e. The molecule has 35 heavy (non-hydrogen) atoms. The minimum absolute atomic E-state index is 0.0459. The summed E-state index contributed by atoms with van der Waals surface area (Å²) in [7, 11) is 0. The van der Waals surface area contributed by atoms with Crippen molar-refractivity contribution in [1.29, 1.82) is 0 Å². The van der Waals surface area contributed by atoms with Gasteiger partial charge in [-0.05, 0) is 74.3 Å². The van der Waals surface area contributed by atoms with Crippen molar-refractivity contribution in [3.05, 3.63) is 59.7 Å². The summed E-state index contributed by atoms with van der Waals surface area (Å²) >= 11 is 0. The first kappa shape index (κ1) is 26.1. The van der Waals surface area contributed by atoms with Crippen LogP contribution in [0.3, 0.4) is 0 Å². The van der Waals surface area contributed by atoms with E-state index in [1.165, 1.54) is 11.1 Å². The van der Waals surface area contributed by atoms with E-state index in [-0.39, 0.29) is 36.6 Å². The number of aliphatic carboxylic acids is 1. The van der Waals surface area contributed by atoms with Crippen molar-refractivity contribution >= 4 is 5.97 Å². The number of carboxylic acids is 1. The lowest BCUT2D eigenvalue weighted by Crippen LogP contribution is -2.31. The number of alkyl halides is 1. The van der Waals surface area contributed by atoms with Gasteiger partial charge in [-0.25, -0.2) is 4.39 Å². The minimum atomic E-state index is -1.03. The van der Waals surface area contributed by atoms with Crippen LogP contribution in [0.25, 0.3) is 0 Å². The molecule has 0 amide bonds. The fraction of sp³-hybridized carbons (Fsp3) is 0.621. The standard InChI is InChI=1S/C29H39FO5/c30-25-19-27(35-29-13-7-8-16-34-29)24(11-3-1-2-4-12-28(32)33)23(25)14-15-26(31)22-17-20-9-5-6-10-21(20)18-22/h1,3,5-6,9-10,14-15,22-27,29,31H,2,4,7-8,11-13,16-19H2,(H,32,33)/b3-1-,15-14+/t23-,24-,25+,26+,27+,29?/m1/s1. The SMILES string of the molecule is O=C(O)CCC/C=C\C[C@@H]1[C@@H](/C=C/[C@H](O)C2Cc3ccccc3C2)[C@@H](F)C[C@@H]1OC1CCCCO1. The van der Waals surface area contributed by atoms with Gasteiger partial charge in [0.1, 0.15) is 6.17 Å². The van der Waals surface area contributed by atoms with Gasteiger partial charge >= 0.3 is 5.97 Å². The third-order valence-electron chi connectivity index (χ3n) is 7.74. The van der Waals surface area contributed by atoms with Crippen molar-refractivity contribution in [3.63, 3.8) is 0 Å². The molecule has 1 heterocycles. The Morgan fingerprint density at radius 1 is 1.20 bits per heavy atom. The number of allylic oxidation sites excluding steroid dienone is 3. The molecule has 1 aliphatic heterocycles. The maximum Gasteiger partial charge on any atom is 0.303 e. The summed E-state index contributed by atoms with van der Waals surface area (Å²) in [6.07, 6.45) is 12.6. The second kappa shape index (κ2) is 12.8. The molecule has 1 unspecified atom stereocenters. The van der Waals surface area contributed by atoms with Gasteiger partial charge in [0.05, 0.1) is 12.2 Å². The van der Waals surface area contributed by atoms with Crippen LogP contribution in [-0.2, 0) is 27.1 Å². The Morgan fingerprint density at radius 2 is 1.97 bits per heavy atom. The number of rotatable bonds is 11. The van der Waals surface area contributed by atoms with E-state index in [1.807, 2.05) is 30.4 Å². The summed E-state index contributed by atoms with van der Waals surface area (Å²) in [6, 6.07) is 8.31. The molecule has 5 nitrogen and oxygen atoms in total. The number of unbranched alkanes of at least 4 members (excludes halogenated alkanes) is 1. The molecule has 2 aliphatic carbocycles. The van der Waals surface area contributed by atoms with Gasteiger partial charge in [-0.2, -0.15) is 0 Å². The predicted octanol–water partition coefficient (Wildman–Crippen LogP) is 5.41. The van der Waals surface area contributed by atoms with Crippen LogP contribution in [-0.4, -0.2) is 47.5 Å². The zero-order valence-corrected chi connectivity index (χ0v) is 20.4. The number of aliphatic hydroxyl groups is 1. The fourth-order valence-electron chi connectivity index (χ4n) is 5.79. The van der Waals surface area contributed by atoms with E-state index in [0.717, 1.165) is 32.1 Å². The van der Waals surface area contributed by atoms with E-state index in [0.29, 0.717) is 32.3 Å². The van der Waals surface area contributed by atoms with Crippen LogP contribution in [0.15, 0.2) is 48.6 Å². The summed E-state index contributed by atoms with van der Waals surface area (Å²) in [6.45, 7) is 0.684. The molecule has 1 aromatic carbocycles. The molecule has 1 saturated carbocycles. The predicted molar refractivity (Wildman–Crippen MR) is 133 cm³/mol. The van der Waals surface area contributed by atoms with Crippen molar-refractivity contribution in [2.45, 2.75) is 88.9 Å². The highest BCUT2D eigenvalue weighted by Crippen LogP contribution is 2.41. The highest BCUT2D eigenvalue weighted by Gasteiger charge is 2.43. The van der Waals surface area contributed by atoms with Crippen molar-refractivity contribution in [1.82, 2.24) is 0 Å². The lowest BCUT2D eigenvalue weighted by atomic mass is 9.88. The third kappa shape index (κ3) is 7.25. The summed E-state index contributed by atoms with van der Waals surface area (Å²) in [5, 5.41) is 19.7. The van der Waals surface area contributed by atoms with Crippen LogP contribution >= 0.6 is 0 Å². The Labute approximate surface area is 208 Å². The number of fused-ring (bicyclic) bond motifs is 1. The topological polar surface area (TPSA) is 76.0 Å². The maximum atomic E-state index is 15.3. The normalized spacial score (nSPS) is 30.3. The molecule has 2 fully saturated rings. The van der Waals surface area contributed by atoms with Gasteiger partial charge in [0, 0.05) is 25.4 Å². The van der Waals surface area contributed by atoms with Crippen LogP contribution in [0.4, 0.5) is 4.39 Å². The first-order chi connectivity index (χ1) is 17.0. The van der Waals surface area contributed by atoms with Crippen LogP contribution in [0.5, 0.6) is 0 Å². The number of carbonyl (C=O) groups is 1. The average molecular weight is 487 g/mol. The highest BCUT2D eigenvalue weighted by molar-refractivity contribution is 5.66. The molecular weight excluding hydrogens is 447 g/mol. The van der Waals surface area contributed by atoms with Gasteiger partial charge in [0.25, 0.3) is 0 Å². The van der Waals surface area contributed by atoms with Gasteiger partial charge in [0.2, 0.25) is 0 Å². The molecule has 2 N–H and O–H groups in total. The van der Waals surface area contributed by atoms with Crippen molar-refractivity contribution in [3.8, 4) is 0 Å². The molecule has 0 spiro atoms. The lowest BCUT2D eigenvalue weighted by molar-refractivity contribution is -0.195. The van der Waals surface area contributed by atoms with E-state index < -0.39 is 18.2 Å². The largest absolute Gasteiger partial charge is 0.481 e. The fourth-order valence-corrected chi connectivity index (χ4v) is 5.79. The number of hydrogen-bond acceptors (Lipinski definition) is 4. The van der Waals surface area contributed by atoms with E-state index >= 15 is 4.39 Å². The summed E-state index contributed by atoms with van der Waals surface area (Å²) in [5.41, 5.74) is 2.59. The van der Waals surface area contributed by atoms with Crippen LogP contribution < -0.4 is 0 Å². The Kier molecular flexibility index (Phi) is 9.52. The van der Waals surface area contributed by atoms with E-state index in [1.54, 1.807) is 6.08 Å². The molecule has 192 valence electrons. The van der Waals surface area contributed by atoms with Crippen LogP contribution in [0.1, 0.15) is 62.5 Å². The van der Waals surface area contributed by atoms with Crippen molar-refractivity contribution < 1.29 is 28.9 Å². The molecule has 6 heteroatoms. The van der Waals surface area contributed by atoms with E-state index in [9.17, 15) is 9.90 Å². The van der Waals surface area contributed by atoms with Crippen LogP contribution in [0.2, 0.25) is 0 Å². The first-order valence-corrected chi connectivity index (χ1v) is 13.2. The molecule has 1 saturated heterocycles. The quantitative estimate of drug-likeness (QED) is 0.323. The summed E-state index contributed by atoms with van der Waals surface area (Å²) in [5.74, 6) is -1.04.